The SMILES string of the molecule is CC(C)(C)OC(=O)N[C@@H](COc1ccc(-c2ccccn2)cc1[N+](=O)[O-])C(=O)O.Cc1nc(-c2ccc(OC[C@H](NC(=O)OC(C)(C)C)C(=O)O)c([N+](=O)[O-])c2)no1.Cc1noc(-c2ccc(OC[C@H](NC(=O)OC(C)(C)C)C(=O)O)c([N+](=O)[O-])c2)n1. The summed E-state index contributed by atoms with van der Waals surface area (Å²) in [4.78, 5) is 114. The highest BCUT2D eigenvalue weighted by Crippen LogP contribution is 2.34. The molecule has 34 heteroatoms. The fraction of sp³-hybridized carbons (Fsp3) is 0.377. The maximum absolute atomic E-state index is 11.8. The molecule has 3 atom stereocenters. The molecule has 0 spiro atoms. The van der Waals surface area contributed by atoms with E-state index in [9.17, 15) is 74.4 Å². The van der Waals surface area contributed by atoms with Crippen LogP contribution in [0.2, 0.25) is 0 Å². The van der Waals surface area contributed by atoms with E-state index in [2.05, 4.69) is 41.2 Å². The van der Waals surface area contributed by atoms with Crippen molar-refractivity contribution < 1.29 is 96.3 Å². The monoisotopic (exact) mass is 1220 g/mol. The van der Waals surface area contributed by atoms with Crippen LogP contribution < -0.4 is 30.2 Å². The molecular formula is C53H61N11O23. The number of aromatic nitrogens is 5. The molecule has 0 aliphatic heterocycles. The lowest BCUT2D eigenvalue weighted by molar-refractivity contribution is -0.386. The zero-order valence-corrected chi connectivity index (χ0v) is 48.4. The Labute approximate surface area is 492 Å². The number of nitrogens with one attached hydrogen (secondary N) is 3. The number of benzene rings is 3. The van der Waals surface area contributed by atoms with Gasteiger partial charge in [-0.15, -0.1) is 0 Å². The molecular weight excluding hydrogens is 1160 g/mol. The first-order valence-corrected chi connectivity index (χ1v) is 25.4. The number of nitro benzene ring substituents is 3. The molecule has 6 aromatic rings. The van der Waals surface area contributed by atoms with E-state index in [4.69, 9.17) is 37.5 Å². The van der Waals surface area contributed by atoms with E-state index in [0.29, 0.717) is 34.1 Å². The molecule has 0 bridgehead atoms. The fourth-order valence-electron chi connectivity index (χ4n) is 6.53. The van der Waals surface area contributed by atoms with Gasteiger partial charge in [0.15, 0.2) is 41.2 Å². The summed E-state index contributed by atoms with van der Waals surface area (Å²) in [7, 11) is 0. The molecule has 0 fully saturated rings. The molecule has 3 heterocycles. The molecule has 466 valence electrons. The van der Waals surface area contributed by atoms with Crippen LogP contribution in [-0.2, 0) is 28.6 Å². The predicted octanol–water partition coefficient (Wildman–Crippen LogP) is 7.63. The van der Waals surface area contributed by atoms with E-state index >= 15 is 0 Å². The molecule has 0 aliphatic rings. The van der Waals surface area contributed by atoms with E-state index in [1.165, 1.54) is 48.5 Å². The minimum atomic E-state index is -1.48. The van der Waals surface area contributed by atoms with Gasteiger partial charge in [0.2, 0.25) is 11.7 Å². The lowest BCUT2D eigenvalue weighted by Crippen LogP contribution is -2.46. The molecule has 0 saturated carbocycles. The Morgan fingerprint density at radius 3 is 1.23 bits per heavy atom. The number of ether oxygens (including phenoxy) is 6. The predicted molar refractivity (Wildman–Crippen MR) is 297 cm³/mol. The van der Waals surface area contributed by atoms with E-state index in [-0.39, 0.29) is 34.7 Å². The van der Waals surface area contributed by atoms with E-state index in [0.717, 1.165) is 0 Å². The summed E-state index contributed by atoms with van der Waals surface area (Å²) < 4.78 is 40.7. The lowest BCUT2D eigenvalue weighted by Gasteiger charge is -2.22. The number of alkyl carbamates (subject to hydrolysis) is 3. The number of hydrogen-bond donors (Lipinski definition) is 6. The summed E-state index contributed by atoms with van der Waals surface area (Å²) in [6.45, 7) is 16.1. The number of amides is 3. The molecule has 3 amide bonds. The Balaban J connectivity index is 0.000000279. The average molecular weight is 1220 g/mol. The fourth-order valence-corrected chi connectivity index (χ4v) is 6.53. The Hall–Kier alpha value is -11.1. The Morgan fingerprint density at radius 1 is 0.529 bits per heavy atom. The smallest absolute Gasteiger partial charge is 0.408 e. The van der Waals surface area contributed by atoms with Crippen LogP contribution in [0.25, 0.3) is 34.1 Å². The molecule has 3 aromatic heterocycles. The third-order valence-electron chi connectivity index (χ3n) is 10.2. The third kappa shape index (κ3) is 22.9. The normalized spacial score (nSPS) is 12.1. The Bertz CT molecular complexity index is 3290. The number of carbonyl (C=O) groups excluding carboxylic acids is 3. The van der Waals surface area contributed by atoms with Crippen molar-refractivity contribution in [1.82, 2.24) is 41.2 Å². The van der Waals surface area contributed by atoms with Crippen LogP contribution in [-0.4, -0.2) is 146 Å². The lowest BCUT2D eigenvalue weighted by atomic mass is 10.1. The van der Waals surface area contributed by atoms with Gasteiger partial charge in [0.05, 0.1) is 20.5 Å². The first kappa shape index (κ1) is 68.4. The number of aliphatic carboxylic acids is 3. The molecule has 3 aromatic carbocycles. The molecule has 0 saturated heterocycles. The minimum absolute atomic E-state index is 0.0900. The second-order valence-electron chi connectivity index (χ2n) is 20.9. The summed E-state index contributed by atoms with van der Waals surface area (Å²) in [5.74, 6) is -3.76. The van der Waals surface area contributed by atoms with Crippen molar-refractivity contribution in [2.75, 3.05) is 19.8 Å². The number of carboxylic acid groups (broad SMARTS) is 3. The van der Waals surface area contributed by atoms with Gasteiger partial charge in [0, 0.05) is 48.0 Å². The van der Waals surface area contributed by atoms with Gasteiger partial charge in [0.1, 0.15) is 36.6 Å². The highest BCUT2D eigenvalue weighted by Gasteiger charge is 2.30. The third-order valence-corrected chi connectivity index (χ3v) is 10.2. The highest BCUT2D eigenvalue weighted by atomic mass is 16.6. The first-order chi connectivity index (χ1) is 40.5. The molecule has 0 radical (unpaired) electrons. The number of nitro groups is 3. The number of carbonyl (C=O) groups is 6. The van der Waals surface area contributed by atoms with E-state index in [1.54, 1.807) is 107 Å². The molecule has 87 heavy (non-hydrogen) atoms. The number of nitrogens with zero attached hydrogens (tertiary/aromatic N) is 8. The van der Waals surface area contributed by atoms with Gasteiger partial charge in [-0.3, -0.25) is 35.3 Å². The van der Waals surface area contributed by atoms with Gasteiger partial charge in [0.25, 0.3) is 5.89 Å². The van der Waals surface area contributed by atoms with Crippen molar-refractivity contribution >= 4 is 53.2 Å². The Morgan fingerprint density at radius 2 is 0.908 bits per heavy atom. The summed E-state index contributed by atoms with van der Waals surface area (Å²) in [6, 6.07) is 12.8. The van der Waals surface area contributed by atoms with Crippen molar-refractivity contribution in [3.8, 4) is 51.3 Å². The van der Waals surface area contributed by atoms with E-state index < -0.39 is 117 Å². The van der Waals surface area contributed by atoms with Crippen molar-refractivity contribution in [2.45, 2.75) is 111 Å². The van der Waals surface area contributed by atoms with Crippen molar-refractivity contribution in [3.05, 3.63) is 121 Å². The van der Waals surface area contributed by atoms with Crippen LogP contribution in [0.15, 0.2) is 88.0 Å². The quantitative estimate of drug-likeness (QED) is 0.0229. The zero-order chi connectivity index (χ0) is 65.1. The maximum atomic E-state index is 11.8. The van der Waals surface area contributed by atoms with Gasteiger partial charge < -0.3 is 68.7 Å². The van der Waals surface area contributed by atoms with Gasteiger partial charge >= 0.3 is 53.2 Å². The summed E-state index contributed by atoms with van der Waals surface area (Å²) >= 11 is 0. The highest BCUT2D eigenvalue weighted by molar-refractivity contribution is 5.82. The minimum Gasteiger partial charge on any atom is -0.484 e. The molecule has 6 N–H and O–H groups in total. The number of aryl methyl sites for hydroxylation is 2. The number of pyridine rings is 1. The second-order valence-corrected chi connectivity index (χ2v) is 20.9. The summed E-state index contributed by atoms with van der Waals surface area (Å²) in [5, 5.41) is 75.7. The van der Waals surface area contributed by atoms with Crippen molar-refractivity contribution in [2.24, 2.45) is 0 Å². The first-order valence-electron chi connectivity index (χ1n) is 25.4. The van der Waals surface area contributed by atoms with Crippen LogP contribution >= 0.6 is 0 Å². The molecule has 0 aliphatic carbocycles. The largest absolute Gasteiger partial charge is 0.484 e. The molecule has 34 nitrogen and oxygen atoms in total. The molecule has 6 rings (SSSR count). The topological polar surface area (TPSA) is 475 Å². The standard InChI is InChI=1S/C19H21N3O7.2C17H20N4O8/c1-19(2,3)29-18(25)21-14(17(23)24)11-28-16-8-7-12(10-15(16)22(26)27)13-6-4-5-9-20-13;1-9-18-14(20-29-9)10-5-6-13(12(7-10)21(25)26)27-8-11(15(22)23)19-16(24)28-17(2,3)4;1-9-18-14(29-20-9)10-5-6-13(12(7-10)21(25)26)27-8-11(15(22)23)19-16(24)28-17(2,3)4/h4-10,14H,11H2,1-3H3,(H,21,25)(H,23,24);2*5-7,11H,8H2,1-4H3,(H,19,24)(H,22,23)/t14-;2*11-/m000/s1. The van der Waals surface area contributed by atoms with Crippen LogP contribution in [0.5, 0.6) is 17.2 Å². The zero-order valence-electron chi connectivity index (χ0n) is 48.4. The van der Waals surface area contributed by atoms with Crippen molar-refractivity contribution in [3.63, 3.8) is 0 Å². The number of hydrogen-bond acceptors (Lipinski definition) is 25. The van der Waals surface area contributed by atoms with Gasteiger partial charge in [-0.05, 0) is 118 Å². The summed E-state index contributed by atoms with van der Waals surface area (Å²) in [5.41, 5.74) is -2.00. The van der Waals surface area contributed by atoms with Gasteiger partial charge in [-0.1, -0.05) is 16.4 Å². The average Bonchev–Trinajstić information content (AvgIpc) is 3.09. The van der Waals surface area contributed by atoms with Gasteiger partial charge in [-0.25, -0.2) is 28.8 Å². The molecule has 0 unspecified atom stereocenters. The van der Waals surface area contributed by atoms with Crippen LogP contribution in [0.1, 0.15) is 74.0 Å². The van der Waals surface area contributed by atoms with Gasteiger partial charge in [-0.2, -0.15) is 9.97 Å². The van der Waals surface area contributed by atoms with Crippen LogP contribution in [0.4, 0.5) is 31.4 Å². The second kappa shape index (κ2) is 29.9. The number of carboxylic acids is 3. The van der Waals surface area contributed by atoms with Crippen LogP contribution in [0, 0.1) is 44.2 Å². The number of rotatable bonds is 21. The van der Waals surface area contributed by atoms with E-state index in [1.807, 2.05) is 0 Å². The van der Waals surface area contributed by atoms with Crippen LogP contribution in [0.3, 0.4) is 0 Å². The Kier molecular flexibility index (Phi) is 23.5. The summed E-state index contributed by atoms with van der Waals surface area (Å²) in [6.07, 6.45) is -1.28. The maximum Gasteiger partial charge on any atom is 0.408 e. The van der Waals surface area contributed by atoms with Crippen molar-refractivity contribution in [1.29, 1.82) is 0 Å².